The number of hydrogen-bond acceptors (Lipinski definition) is 2. The van der Waals surface area contributed by atoms with Gasteiger partial charge in [0.2, 0.25) is 0 Å². The molecule has 2 aliphatic rings. The van der Waals surface area contributed by atoms with Crippen molar-refractivity contribution in [3.8, 4) is 0 Å². The molecule has 1 unspecified atom stereocenters. The zero-order chi connectivity index (χ0) is 9.10. The van der Waals surface area contributed by atoms with Gasteiger partial charge in [-0.05, 0) is 51.1 Å². The molecule has 1 saturated carbocycles. The predicted molar refractivity (Wildman–Crippen MR) is 52.6 cm³/mol. The Balaban J connectivity index is 1.62. The van der Waals surface area contributed by atoms with Crippen molar-refractivity contribution in [2.75, 3.05) is 13.1 Å². The van der Waals surface area contributed by atoms with Gasteiger partial charge in [0.1, 0.15) is 5.78 Å². The lowest BCUT2D eigenvalue weighted by Crippen LogP contribution is -2.30. The number of nitrogens with one attached hydrogen (secondary N) is 1. The minimum absolute atomic E-state index is 0.469. The Hall–Kier alpha value is -0.370. The first-order valence-electron chi connectivity index (χ1n) is 5.59. The summed E-state index contributed by atoms with van der Waals surface area (Å²) in [6.45, 7) is 2.31. The van der Waals surface area contributed by atoms with Crippen molar-refractivity contribution >= 4 is 5.78 Å². The minimum Gasteiger partial charge on any atom is -0.316 e. The van der Waals surface area contributed by atoms with Crippen LogP contribution in [0.4, 0.5) is 0 Å². The van der Waals surface area contributed by atoms with E-state index in [1.165, 1.54) is 32.2 Å². The van der Waals surface area contributed by atoms with Crippen LogP contribution in [0.3, 0.4) is 0 Å². The number of piperidine rings is 1. The molecular formula is C11H19NO. The quantitative estimate of drug-likeness (QED) is 0.716. The molecular weight excluding hydrogens is 162 g/mol. The van der Waals surface area contributed by atoms with E-state index in [9.17, 15) is 4.79 Å². The molecule has 1 N–H and O–H groups in total. The summed E-state index contributed by atoms with van der Waals surface area (Å²) in [6, 6.07) is 0. The van der Waals surface area contributed by atoms with Gasteiger partial charge in [-0.2, -0.15) is 0 Å². The molecule has 0 amide bonds. The third-order valence-corrected chi connectivity index (χ3v) is 3.23. The molecule has 1 aliphatic heterocycles. The normalized spacial score (nSPS) is 28.8. The van der Waals surface area contributed by atoms with Crippen LogP contribution in [0, 0.1) is 11.8 Å². The molecule has 0 aromatic heterocycles. The average Bonchev–Trinajstić information content (AvgIpc) is 2.99. The van der Waals surface area contributed by atoms with Crippen LogP contribution in [0.2, 0.25) is 0 Å². The zero-order valence-electron chi connectivity index (χ0n) is 8.22. The molecule has 2 rings (SSSR count). The molecule has 1 atom stereocenters. The first-order valence-corrected chi connectivity index (χ1v) is 5.59. The summed E-state index contributed by atoms with van der Waals surface area (Å²) < 4.78 is 0. The van der Waals surface area contributed by atoms with Crippen molar-refractivity contribution in [3.63, 3.8) is 0 Å². The Kier molecular flexibility index (Phi) is 2.99. The van der Waals surface area contributed by atoms with E-state index in [1.807, 2.05) is 0 Å². The molecule has 0 aromatic carbocycles. The van der Waals surface area contributed by atoms with Crippen LogP contribution < -0.4 is 5.32 Å². The summed E-state index contributed by atoms with van der Waals surface area (Å²) in [5, 5.41) is 3.39. The van der Waals surface area contributed by atoms with Gasteiger partial charge >= 0.3 is 0 Å². The lowest BCUT2D eigenvalue weighted by atomic mass is 9.93. The van der Waals surface area contributed by atoms with Crippen LogP contribution in [-0.4, -0.2) is 18.9 Å². The molecule has 0 spiro atoms. The third-order valence-electron chi connectivity index (χ3n) is 3.23. The largest absolute Gasteiger partial charge is 0.316 e. The standard InChI is InChI=1S/C11H19NO/c13-11(10-4-5-10)6-3-9-2-1-7-12-8-9/h9-10,12H,1-8H2. The number of hydrogen-bond donors (Lipinski definition) is 1. The Morgan fingerprint density at radius 2 is 2.15 bits per heavy atom. The number of carbonyl (C=O) groups excluding carboxylic acids is 1. The van der Waals surface area contributed by atoms with E-state index in [2.05, 4.69) is 5.32 Å². The van der Waals surface area contributed by atoms with Crippen LogP contribution in [0.1, 0.15) is 38.5 Å². The van der Waals surface area contributed by atoms with Crippen LogP contribution >= 0.6 is 0 Å². The maximum absolute atomic E-state index is 11.4. The predicted octanol–water partition coefficient (Wildman–Crippen LogP) is 1.75. The van der Waals surface area contributed by atoms with E-state index in [0.29, 0.717) is 11.7 Å². The van der Waals surface area contributed by atoms with Crippen LogP contribution in [-0.2, 0) is 4.79 Å². The third kappa shape index (κ3) is 2.80. The fourth-order valence-electron chi connectivity index (χ4n) is 2.13. The second-order valence-electron chi connectivity index (χ2n) is 4.49. The molecule has 2 fully saturated rings. The summed E-state index contributed by atoms with van der Waals surface area (Å²) in [5.41, 5.74) is 0. The summed E-state index contributed by atoms with van der Waals surface area (Å²) in [4.78, 5) is 11.4. The summed E-state index contributed by atoms with van der Waals surface area (Å²) in [6.07, 6.45) is 6.93. The number of ketones is 1. The van der Waals surface area contributed by atoms with Crippen molar-refractivity contribution < 1.29 is 4.79 Å². The van der Waals surface area contributed by atoms with Crippen molar-refractivity contribution in [2.45, 2.75) is 38.5 Å². The molecule has 0 aromatic rings. The minimum atomic E-state index is 0.469. The smallest absolute Gasteiger partial charge is 0.135 e. The van der Waals surface area contributed by atoms with Crippen molar-refractivity contribution in [2.24, 2.45) is 11.8 Å². The lowest BCUT2D eigenvalue weighted by Gasteiger charge is -2.22. The van der Waals surface area contributed by atoms with Gasteiger partial charge in [-0.25, -0.2) is 0 Å². The lowest BCUT2D eigenvalue weighted by molar-refractivity contribution is -0.120. The van der Waals surface area contributed by atoms with Gasteiger partial charge in [-0.1, -0.05) is 0 Å². The molecule has 1 aliphatic carbocycles. The molecule has 74 valence electrons. The van der Waals surface area contributed by atoms with E-state index >= 15 is 0 Å². The first kappa shape index (κ1) is 9.20. The molecule has 13 heavy (non-hydrogen) atoms. The van der Waals surface area contributed by atoms with E-state index in [0.717, 1.165) is 25.3 Å². The van der Waals surface area contributed by atoms with Crippen LogP contribution in [0.25, 0.3) is 0 Å². The van der Waals surface area contributed by atoms with Gasteiger partial charge in [-0.15, -0.1) is 0 Å². The van der Waals surface area contributed by atoms with Crippen molar-refractivity contribution in [1.82, 2.24) is 5.32 Å². The average molecular weight is 181 g/mol. The van der Waals surface area contributed by atoms with E-state index in [4.69, 9.17) is 0 Å². The van der Waals surface area contributed by atoms with Crippen LogP contribution in [0.15, 0.2) is 0 Å². The fourth-order valence-corrected chi connectivity index (χ4v) is 2.13. The van der Waals surface area contributed by atoms with Gasteiger partial charge in [0, 0.05) is 12.3 Å². The highest BCUT2D eigenvalue weighted by Crippen LogP contribution is 2.32. The number of carbonyl (C=O) groups is 1. The topological polar surface area (TPSA) is 29.1 Å². The number of rotatable bonds is 4. The maximum Gasteiger partial charge on any atom is 0.135 e. The molecule has 1 saturated heterocycles. The van der Waals surface area contributed by atoms with Gasteiger partial charge in [-0.3, -0.25) is 4.79 Å². The second kappa shape index (κ2) is 4.23. The zero-order valence-corrected chi connectivity index (χ0v) is 8.22. The monoisotopic (exact) mass is 181 g/mol. The molecule has 1 heterocycles. The van der Waals surface area contributed by atoms with Gasteiger partial charge in [0.05, 0.1) is 0 Å². The maximum atomic E-state index is 11.4. The van der Waals surface area contributed by atoms with Gasteiger partial charge in [0.15, 0.2) is 0 Å². The van der Waals surface area contributed by atoms with Gasteiger partial charge < -0.3 is 5.32 Å². The van der Waals surface area contributed by atoms with E-state index in [1.54, 1.807) is 0 Å². The van der Waals surface area contributed by atoms with E-state index in [-0.39, 0.29) is 0 Å². The summed E-state index contributed by atoms with van der Waals surface area (Å²) in [7, 11) is 0. The molecule has 0 bridgehead atoms. The fraction of sp³-hybridized carbons (Fsp3) is 0.909. The Morgan fingerprint density at radius 1 is 1.31 bits per heavy atom. The van der Waals surface area contributed by atoms with Crippen LogP contribution in [0.5, 0.6) is 0 Å². The molecule has 2 heteroatoms. The highest BCUT2D eigenvalue weighted by atomic mass is 16.1. The number of Topliss-reactive ketones (excluding diaryl/α,β-unsaturated/α-hetero) is 1. The summed E-state index contributed by atoms with van der Waals surface area (Å²) >= 11 is 0. The first-order chi connectivity index (χ1) is 6.36. The Bertz CT molecular complexity index is 181. The Labute approximate surface area is 80.1 Å². The highest BCUT2D eigenvalue weighted by molar-refractivity contribution is 5.83. The molecule has 0 radical (unpaired) electrons. The molecule has 2 nitrogen and oxygen atoms in total. The van der Waals surface area contributed by atoms with Gasteiger partial charge in [0.25, 0.3) is 0 Å². The van der Waals surface area contributed by atoms with E-state index < -0.39 is 0 Å². The van der Waals surface area contributed by atoms with Crippen molar-refractivity contribution in [3.05, 3.63) is 0 Å². The summed E-state index contributed by atoms with van der Waals surface area (Å²) in [5.74, 6) is 1.78. The van der Waals surface area contributed by atoms with Crippen molar-refractivity contribution in [1.29, 1.82) is 0 Å². The highest BCUT2D eigenvalue weighted by Gasteiger charge is 2.29. The second-order valence-corrected chi connectivity index (χ2v) is 4.49. The Morgan fingerprint density at radius 3 is 2.77 bits per heavy atom. The SMILES string of the molecule is O=C(CCC1CCCNC1)C1CC1.